The number of fused-ring (bicyclic) bond motifs is 2. The van der Waals surface area contributed by atoms with E-state index in [4.69, 9.17) is 9.72 Å². The third-order valence-corrected chi connectivity index (χ3v) is 8.73. The van der Waals surface area contributed by atoms with Gasteiger partial charge in [0.25, 0.3) is 0 Å². The molecule has 2 atom stereocenters. The number of rotatable bonds is 3. The molecule has 0 radical (unpaired) electrons. The topological polar surface area (TPSA) is 51.6 Å². The lowest BCUT2D eigenvalue weighted by Gasteiger charge is -2.41. The molecule has 2 saturated carbocycles. The van der Waals surface area contributed by atoms with Crippen molar-refractivity contribution in [2.75, 3.05) is 0 Å². The number of alkyl halides is 3. The van der Waals surface area contributed by atoms with Gasteiger partial charge in [0.15, 0.2) is 0 Å². The zero-order valence-electron chi connectivity index (χ0n) is 20.3. The highest BCUT2D eigenvalue weighted by Gasteiger charge is 2.49. The van der Waals surface area contributed by atoms with Crippen LogP contribution in [-0.4, -0.2) is 16.5 Å². The molecule has 1 spiro atoms. The van der Waals surface area contributed by atoms with Crippen molar-refractivity contribution in [1.29, 1.82) is 0 Å². The Morgan fingerprint density at radius 2 is 1.69 bits per heavy atom. The fourth-order valence-corrected chi connectivity index (χ4v) is 6.99. The number of hydrogen-bond donors (Lipinski definition) is 1. The molecule has 1 aromatic heterocycles. The molecule has 1 aliphatic heterocycles. The molecule has 1 aromatic carbocycles. The lowest BCUT2D eigenvalue weighted by Crippen LogP contribution is -2.33. The quantitative estimate of drug-likeness (QED) is 0.500. The fourth-order valence-electron chi connectivity index (χ4n) is 6.99. The van der Waals surface area contributed by atoms with Crippen molar-refractivity contribution in [1.82, 2.24) is 4.98 Å². The largest absolute Gasteiger partial charge is 0.573 e. The van der Waals surface area contributed by atoms with E-state index in [9.17, 15) is 18.3 Å². The van der Waals surface area contributed by atoms with Crippen molar-refractivity contribution in [3.8, 4) is 5.75 Å². The Morgan fingerprint density at radius 1 is 1.00 bits per heavy atom. The first kappa shape index (κ1) is 23.3. The Labute approximate surface area is 203 Å². The van der Waals surface area contributed by atoms with Crippen LogP contribution >= 0.6 is 0 Å². The highest BCUT2D eigenvalue weighted by atomic mass is 19.4. The number of aromatic nitrogens is 1. The summed E-state index contributed by atoms with van der Waals surface area (Å²) in [4.78, 5) is 5.20. The smallest absolute Gasteiger partial charge is 0.406 e. The number of pyridine rings is 1. The summed E-state index contributed by atoms with van der Waals surface area (Å²) in [6.07, 6.45) is 4.04. The molecule has 0 bridgehead atoms. The molecule has 7 heteroatoms. The summed E-state index contributed by atoms with van der Waals surface area (Å²) >= 11 is 0. The minimum atomic E-state index is -4.73. The maximum atomic E-state index is 12.7. The molecule has 35 heavy (non-hydrogen) atoms. The van der Waals surface area contributed by atoms with Crippen molar-refractivity contribution in [2.45, 2.75) is 102 Å². The Hall–Kier alpha value is -2.12. The second-order valence-electron chi connectivity index (χ2n) is 11.5. The van der Waals surface area contributed by atoms with Gasteiger partial charge < -0.3 is 14.6 Å². The summed E-state index contributed by atoms with van der Waals surface area (Å²) in [5, 5.41) is 11.5. The summed E-state index contributed by atoms with van der Waals surface area (Å²) in [6.45, 7) is 4.03. The third-order valence-electron chi connectivity index (χ3n) is 8.73. The Morgan fingerprint density at radius 3 is 2.29 bits per heavy atom. The minimum absolute atomic E-state index is 0.155. The van der Waals surface area contributed by atoms with E-state index < -0.39 is 24.2 Å². The first-order valence-electron chi connectivity index (χ1n) is 12.8. The second kappa shape index (κ2) is 7.94. The molecule has 188 valence electrons. The van der Waals surface area contributed by atoms with Crippen LogP contribution in [0, 0.1) is 5.41 Å². The van der Waals surface area contributed by atoms with Gasteiger partial charge in [0, 0.05) is 16.8 Å². The van der Waals surface area contributed by atoms with Crippen LogP contribution < -0.4 is 4.74 Å². The summed E-state index contributed by atoms with van der Waals surface area (Å²) in [6, 6.07) is 5.96. The maximum absolute atomic E-state index is 12.7. The summed E-state index contributed by atoms with van der Waals surface area (Å²) in [5.74, 6) is 0.111. The van der Waals surface area contributed by atoms with Gasteiger partial charge in [0.05, 0.1) is 11.8 Å². The summed E-state index contributed by atoms with van der Waals surface area (Å²) in [7, 11) is 0. The summed E-state index contributed by atoms with van der Waals surface area (Å²) < 4.78 is 48.6. The van der Waals surface area contributed by atoms with E-state index >= 15 is 0 Å². The van der Waals surface area contributed by atoms with Crippen LogP contribution in [0.15, 0.2) is 24.3 Å². The van der Waals surface area contributed by atoms with Crippen molar-refractivity contribution in [3.63, 3.8) is 0 Å². The summed E-state index contributed by atoms with van der Waals surface area (Å²) in [5.41, 5.74) is 5.47. The third kappa shape index (κ3) is 3.95. The molecule has 0 unspecified atom stereocenters. The molecule has 4 aliphatic rings. The van der Waals surface area contributed by atoms with Crippen molar-refractivity contribution in [2.24, 2.45) is 5.41 Å². The molecular formula is C28H32F3NO3. The predicted octanol–water partition coefficient (Wildman–Crippen LogP) is 7.14. The van der Waals surface area contributed by atoms with Gasteiger partial charge >= 0.3 is 6.36 Å². The van der Waals surface area contributed by atoms with Gasteiger partial charge in [0.2, 0.25) is 0 Å². The molecule has 3 aliphatic carbocycles. The second-order valence-corrected chi connectivity index (χ2v) is 11.5. The van der Waals surface area contributed by atoms with Gasteiger partial charge in [-0.2, -0.15) is 0 Å². The molecule has 2 aromatic rings. The van der Waals surface area contributed by atoms with Crippen LogP contribution in [0.4, 0.5) is 13.2 Å². The molecule has 1 N–H and O–H groups in total. The van der Waals surface area contributed by atoms with E-state index in [1.165, 1.54) is 30.5 Å². The number of ether oxygens (including phenoxy) is 2. The zero-order chi connectivity index (χ0) is 24.6. The van der Waals surface area contributed by atoms with Gasteiger partial charge in [-0.25, -0.2) is 0 Å². The Balaban J connectivity index is 1.47. The van der Waals surface area contributed by atoms with Gasteiger partial charge in [-0.1, -0.05) is 31.4 Å². The van der Waals surface area contributed by atoms with Gasteiger partial charge in [-0.3, -0.25) is 4.98 Å². The van der Waals surface area contributed by atoms with E-state index in [1.54, 1.807) is 12.1 Å². The molecule has 0 amide bonds. The highest BCUT2D eigenvalue weighted by Crippen LogP contribution is 2.57. The monoisotopic (exact) mass is 487 g/mol. The fraction of sp³-hybridized carbons (Fsp3) is 0.607. The zero-order valence-corrected chi connectivity index (χ0v) is 20.3. The predicted molar refractivity (Wildman–Crippen MR) is 124 cm³/mol. The van der Waals surface area contributed by atoms with Crippen molar-refractivity contribution >= 4 is 0 Å². The van der Waals surface area contributed by atoms with E-state index in [1.807, 2.05) is 13.8 Å². The van der Waals surface area contributed by atoms with Crippen LogP contribution in [0.1, 0.15) is 117 Å². The number of aliphatic hydroxyl groups excluding tert-OH is 1. The van der Waals surface area contributed by atoms with Crippen molar-refractivity contribution in [3.05, 3.63) is 57.9 Å². The Kier molecular flexibility index (Phi) is 5.28. The normalized spacial score (nSPS) is 26.9. The lowest BCUT2D eigenvalue weighted by atomic mass is 9.66. The van der Waals surface area contributed by atoms with Gasteiger partial charge in [-0.15, -0.1) is 13.2 Å². The number of halogens is 3. The van der Waals surface area contributed by atoms with Crippen LogP contribution in [-0.2, 0) is 16.8 Å². The highest BCUT2D eigenvalue weighted by molar-refractivity contribution is 5.53. The van der Waals surface area contributed by atoms with Gasteiger partial charge in [0.1, 0.15) is 17.5 Å². The molecule has 2 fully saturated rings. The standard InChI is InChI=1S/C28H32F3NO3/c1-26(2)25-23(24(35-26)17-8-10-18(11-9-17)34-28(29,30)31)21(16-6-5-7-16)22-19(32-25)14-27(15-20(22)33)12-3-4-13-27/h8-11,16,20,24,33H,3-7,12-15H2,1-2H3/t20-,24-/m0/s1. The number of benzene rings is 1. The number of hydrogen-bond acceptors (Lipinski definition) is 4. The number of aliphatic hydroxyl groups is 1. The number of nitrogens with zero attached hydrogens (tertiary/aromatic N) is 1. The van der Waals surface area contributed by atoms with E-state index in [0.717, 1.165) is 73.0 Å². The van der Waals surface area contributed by atoms with E-state index in [0.29, 0.717) is 5.92 Å². The van der Waals surface area contributed by atoms with Crippen molar-refractivity contribution < 1.29 is 27.8 Å². The molecule has 0 saturated heterocycles. The van der Waals surface area contributed by atoms with E-state index in [-0.39, 0.29) is 11.2 Å². The van der Waals surface area contributed by atoms with Crippen LogP contribution in [0.5, 0.6) is 5.75 Å². The lowest BCUT2D eigenvalue weighted by molar-refractivity contribution is -0.274. The molecule has 6 rings (SSSR count). The average Bonchev–Trinajstić information content (AvgIpc) is 3.27. The SMILES string of the molecule is CC1(C)O[C@@H](c2ccc(OC(F)(F)F)cc2)c2c1nc1c(c2C2CCC2)[C@@H](O)CC2(CCCC2)C1. The molecule has 4 nitrogen and oxygen atoms in total. The Bertz CT molecular complexity index is 1130. The maximum Gasteiger partial charge on any atom is 0.573 e. The molecule has 2 heterocycles. The minimum Gasteiger partial charge on any atom is -0.406 e. The average molecular weight is 488 g/mol. The molecular weight excluding hydrogens is 455 g/mol. The first-order valence-corrected chi connectivity index (χ1v) is 12.8. The van der Waals surface area contributed by atoms with Crippen LogP contribution in [0.25, 0.3) is 0 Å². The van der Waals surface area contributed by atoms with Crippen LogP contribution in [0.2, 0.25) is 0 Å². The van der Waals surface area contributed by atoms with Crippen LogP contribution in [0.3, 0.4) is 0 Å². The van der Waals surface area contributed by atoms with E-state index in [2.05, 4.69) is 4.74 Å². The van der Waals surface area contributed by atoms with Gasteiger partial charge in [-0.05, 0) is 87.0 Å². The first-order chi connectivity index (χ1) is 16.6.